The monoisotopic (exact) mass is 233 g/mol. The molecule has 0 fully saturated rings. The minimum absolute atomic E-state index is 0.895. The minimum atomic E-state index is 0.895. The molecule has 17 heavy (non-hydrogen) atoms. The van der Waals surface area contributed by atoms with Gasteiger partial charge in [0.1, 0.15) is 0 Å². The van der Waals surface area contributed by atoms with E-state index in [-0.39, 0.29) is 0 Å². The Balaban J connectivity index is 0. The van der Waals surface area contributed by atoms with Gasteiger partial charge in [-0.15, -0.1) is 0 Å². The molecule has 0 aromatic heterocycles. The van der Waals surface area contributed by atoms with Gasteiger partial charge in [0.05, 0.1) is 6.54 Å². The van der Waals surface area contributed by atoms with Gasteiger partial charge in [0, 0.05) is 6.21 Å². The largest absolute Gasteiger partial charge is 0.289 e. The first kappa shape index (κ1) is 18.0. The van der Waals surface area contributed by atoms with Crippen molar-refractivity contribution >= 4 is 6.21 Å². The van der Waals surface area contributed by atoms with Crippen LogP contribution in [0.3, 0.4) is 0 Å². The lowest BCUT2D eigenvalue weighted by Gasteiger charge is -1.82. The molecule has 0 saturated carbocycles. The maximum Gasteiger partial charge on any atom is 0.0576 e. The lowest BCUT2D eigenvalue weighted by Crippen LogP contribution is -1.63. The van der Waals surface area contributed by atoms with Gasteiger partial charge in [-0.3, -0.25) is 4.99 Å². The molecular weight excluding hydrogens is 206 g/mol. The van der Waals surface area contributed by atoms with Crippen LogP contribution in [0.2, 0.25) is 0 Å². The third-order valence-corrected chi connectivity index (χ3v) is 1.75. The molecule has 0 saturated heterocycles. The number of hydrogen-bond acceptors (Lipinski definition) is 1. The number of nitrogens with zero attached hydrogens (tertiary/aromatic N) is 1. The average Bonchev–Trinajstić information content (AvgIpc) is 2.87. The number of aliphatic imine (C=N–C) groups is 1. The van der Waals surface area contributed by atoms with E-state index in [1.807, 2.05) is 52.1 Å². The van der Waals surface area contributed by atoms with Crippen molar-refractivity contribution in [3.63, 3.8) is 0 Å². The summed E-state index contributed by atoms with van der Waals surface area (Å²) in [6, 6.07) is 10.3. The molecule has 96 valence electrons. The predicted octanol–water partition coefficient (Wildman–Crippen LogP) is 5.06. The van der Waals surface area contributed by atoms with Crippen molar-refractivity contribution in [3.05, 3.63) is 47.5 Å². The Morgan fingerprint density at radius 2 is 1.41 bits per heavy atom. The zero-order valence-electron chi connectivity index (χ0n) is 12.2. The summed E-state index contributed by atoms with van der Waals surface area (Å²) in [5.74, 6) is 0. The fourth-order valence-electron chi connectivity index (χ4n) is 0.980. The van der Waals surface area contributed by atoms with Gasteiger partial charge in [-0.05, 0) is 19.4 Å². The third kappa shape index (κ3) is 12.6. The highest BCUT2D eigenvalue weighted by Gasteiger charge is 1.85. The van der Waals surface area contributed by atoms with Crippen LogP contribution in [0.4, 0.5) is 0 Å². The molecule has 0 N–H and O–H groups in total. The van der Waals surface area contributed by atoms with Crippen LogP contribution in [0.1, 0.15) is 40.2 Å². The van der Waals surface area contributed by atoms with Gasteiger partial charge in [-0.2, -0.15) is 0 Å². The molecule has 0 atom stereocenters. The van der Waals surface area contributed by atoms with Gasteiger partial charge >= 0.3 is 0 Å². The molecule has 1 aliphatic heterocycles. The highest BCUT2D eigenvalue weighted by molar-refractivity contribution is 5.79. The van der Waals surface area contributed by atoms with E-state index in [1.54, 1.807) is 0 Å². The van der Waals surface area contributed by atoms with Crippen molar-refractivity contribution in [2.24, 2.45) is 4.99 Å². The Labute approximate surface area is 107 Å². The smallest absolute Gasteiger partial charge is 0.0576 e. The number of rotatable bonds is 0. The summed E-state index contributed by atoms with van der Waals surface area (Å²) in [7, 11) is 0. The molecule has 1 nitrogen and oxygen atoms in total. The van der Waals surface area contributed by atoms with E-state index in [0.717, 1.165) is 6.54 Å². The van der Waals surface area contributed by atoms with Crippen molar-refractivity contribution in [2.45, 2.75) is 41.5 Å². The molecule has 0 radical (unpaired) electrons. The summed E-state index contributed by atoms with van der Waals surface area (Å²) in [6.45, 7) is 13.0. The molecular formula is C16H27N. The van der Waals surface area contributed by atoms with Crippen LogP contribution in [0.25, 0.3) is 0 Å². The maximum atomic E-state index is 3.95. The molecule has 1 aromatic carbocycles. The summed E-state index contributed by atoms with van der Waals surface area (Å²) in [4.78, 5) is 3.95. The Morgan fingerprint density at radius 1 is 0.882 bits per heavy atom. The Morgan fingerprint density at radius 3 is 1.59 bits per heavy atom. The standard InChI is InChI=1S/C7H8.C5H7N.2C2H6/c1-7-5-3-2-4-6-7;1-5-2-3-6-4-5;2*1-2/h2-6H,1H3;2,4H,3H2,1H3;2*1-2H3. The summed E-state index contributed by atoms with van der Waals surface area (Å²) >= 11 is 0. The highest BCUT2D eigenvalue weighted by atomic mass is 14.7. The molecule has 1 aromatic rings. The maximum absolute atomic E-state index is 3.95. The zero-order chi connectivity index (χ0) is 13.5. The summed E-state index contributed by atoms with van der Waals surface area (Å²) in [5, 5.41) is 0. The first-order valence-corrected chi connectivity index (χ1v) is 6.47. The van der Waals surface area contributed by atoms with Gasteiger partial charge in [-0.1, -0.05) is 69.7 Å². The topological polar surface area (TPSA) is 12.4 Å². The summed E-state index contributed by atoms with van der Waals surface area (Å²) in [5.41, 5.74) is 2.61. The van der Waals surface area contributed by atoms with E-state index in [4.69, 9.17) is 0 Å². The number of aryl methyl sites for hydroxylation is 1. The van der Waals surface area contributed by atoms with Gasteiger partial charge in [0.25, 0.3) is 0 Å². The number of benzene rings is 1. The van der Waals surface area contributed by atoms with E-state index in [9.17, 15) is 0 Å². The first-order valence-electron chi connectivity index (χ1n) is 6.47. The predicted molar refractivity (Wildman–Crippen MR) is 81.0 cm³/mol. The van der Waals surface area contributed by atoms with Crippen LogP contribution >= 0.6 is 0 Å². The fourth-order valence-corrected chi connectivity index (χ4v) is 0.980. The number of hydrogen-bond donors (Lipinski definition) is 0. The normalized spacial score (nSPS) is 10.8. The van der Waals surface area contributed by atoms with E-state index in [1.165, 1.54) is 11.1 Å². The van der Waals surface area contributed by atoms with Crippen molar-refractivity contribution < 1.29 is 0 Å². The summed E-state index contributed by atoms with van der Waals surface area (Å²) in [6.07, 6.45) is 3.99. The molecule has 2 rings (SSSR count). The second kappa shape index (κ2) is 14.6. The lowest BCUT2D eigenvalue weighted by molar-refractivity contribution is 1.29. The average molecular weight is 233 g/mol. The Hall–Kier alpha value is -1.37. The van der Waals surface area contributed by atoms with Crippen molar-refractivity contribution in [3.8, 4) is 0 Å². The minimum Gasteiger partial charge on any atom is -0.289 e. The molecule has 0 bridgehead atoms. The van der Waals surface area contributed by atoms with Gasteiger partial charge in [0.2, 0.25) is 0 Å². The number of allylic oxidation sites excluding steroid dienone is 1. The fraction of sp³-hybridized carbons (Fsp3) is 0.438. The second-order valence-corrected chi connectivity index (χ2v) is 3.10. The van der Waals surface area contributed by atoms with E-state index < -0.39 is 0 Å². The molecule has 1 aliphatic rings. The van der Waals surface area contributed by atoms with Crippen LogP contribution in [-0.2, 0) is 0 Å². The third-order valence-electron chi connectivity index (χ3n) is 1.75. The quantitative estimate of drug-likeness (QED) is 0.593. The Bertz CT molecular complexity index is 294. The van der Waals surface area contributed by atoms with Gasteiger partial charge in [0.15, 0.2) is 0 Å². The lowest BCUT2D eigenvalue weighted by atomic mass is 10.2. The van der Waals surface area contributed by atoms with E-state index in [0.29, 0.717) is 0 Å². The van der Waals surface area contributed by atoms with Crippen molar-refractivity contribution in [1.82, 2.24) is 0 Å². The second-order valence-electron chi connectivity index (χ2n) is 3.10. The van der Waals surface area contributed by atoms with E-state index in [2.05, 4.69) is 37.0 Å². The molecule has 1 heterocycles. The highest BCUT2D eigenvalue weighted by Crippen LogP contribution is 1.93. The molecule has 0 unspecified atom stereocenters. The van der Waals surface area contributed by atoms with Crippen LogP contribution in [0, 0.1) is 6.92 Å². The summed E-state index contributed by atoms with van der Waals surface area (Å²) < 4.78 is 0. The first-order chi connectivity index (χ1) is 8.29. The van der Waals surface area contributed by atoms with Crippen LogP contribution in [0.15, 0.2) is 47.0 Å². The Kier molecular flexibility index (Phi) is 15.5. The van der Waals surface area contributed by atoms with Gasteiger partial charge < -0.3 is 0 Å². The molecule has 0 spiro atoms. The van der Waals surface area contributed by atoms with Crippen LogP contribution in [0.5, 0.6) is 0 Å². The van der Waals surface area contributed by atoms with Crippen LogP contribution < -0.4 is 0 Å². The SMILES string of the molecule is CC.CC.CC1=CCN=C1.Cc1ccccc1. The van der Waals surface area contributed by atoms with Crippen molar-refractivity contribution in [1.29, 1.82) is 0 Å². The molecule has 1 heteroatoms. The zero-order valence-corrected chi connectivity index (χ0v) is 12.2. The van der Waals surface area contributed by atoms with Crippen LogP contribution in [-0.4, -0.2) is 12.8 Å². The van der Waals surface area contributed by atoms with Crippen molar-refractivity contribution in [2.75, 3.05) is 6.54 Å². The molecule has 0 amide bonds. The van der Waals surface area contributed by atoms with E-state index >= 15 is 0 Å². The van der Waals surface area contributed by atoms with Gasteiger partial charge in [-0.25, -0.2) is 0 Å². The molecule has 0 aliphatic carbocycles.